The van der Waals surface area contributed by atoms with Gasteiger partial charge in [0.05, 0.1) is 11.3 Å². The van der Waals surface area contributed by atoms with Gasteiger partial charge in [0.15, 0.2) is 10.6 Å². The maximum Gasteiger partial charge on any atom is 0.572 e. The van der Waals surface area contributed by atoms with E-state index in [0.717, 1.165) is 26.9 Å². The van der Waals surface area contributed by atoms with Crippen molar-refractivity contribution >= 4 is 45.2 Å². The van der Waals surface area contributed by atoms with E-state index >= 15 is 0 Å². The second-order valence-electron chi connectivity index (χ2n) is 6.51. The number of fused-ring (bicyclic) bond motifs is 2. The fraction of sp³-hybridized carbons (Fsp3) is 0.0476. The van der Waals surface area contributed by atoms with E-state index in [1.54, 1.807) is 23.4 Å². The quantitative estimate of drug-likeness (QED) is 0.625. The molecule has 27 heavy (non-hydrogen) atoms. The Morgan fingerprint density at radius 2 is 1.59 bits per heavy atom. The third kappa shape index (κ3) is 3.09. The molecular weight excluding hydrogens is 371 g/mol. The predicted octanol–water partition coefficient (Wildman–Crippen LogP) is 4.31. The van der Waals surface area contributed by atoms with Crippen molar-refractivity contribution < 1.29 is 9.25 Å². The zero-order valence-corrected chi connectivity index (χ0v) is 16.2. The Balaban J connectivity index is 1.50. The fourth-order valence-corrected chi connectivity index (χ4v) is 5.92. The van der Waals surface area contributed by atoms with Gasteiger partial charge in [0, 0.05) is 5.75 Å². The number of hydrazone groups is 1. The van der Waals surface area contributed by atoms with Crippen LogP contribution in [0.5, 0.6) is 5.75 Å². The molecule has 0 saturated heterocycles. The highest BCUT2D eigenvalue weighted by atomic mass is 32.2. The highest BCUT2D eigenvalue weighted by molar-refractivity contribution is 8.52. The van der Waals surface area contributed by atoms with Crippen LogP contribution in [0, 0.1) is 0 Å². The molecule has 0 amide bonds. The van der Waals surface area contributed by atoms with Gasteiger partial charge >= 0.3 is 5.76 Å². The van der Waals surface area contributed by atoms with Crippen molar-refractivity contribution in [1.82, 2.24) is 0 Å². The lowest BCUT2D eigenvalue weighted by Crippen LogP contribution is -2.59. The largest absolute Gasteiger partial charge is 0.644 e. The van der Waals surface area contributed by atoms with Crippen LogP contribution in [0.3, 0.4) is 0 Å². The summed E-state index contributed by atoms with van der Waals surface area (Å²) in [5.74, 6) is 0.303. The average molecular weight is 388 g/mol. The average Bonchev–Trinajstić information content (AvgIpc) is 3.10. The van der Waals surface area contributed by atoms with Crippen LogP contribution < -0.4 is 10.1 Å². The van der Waals surface area contributed by atoms with E-state index < -0.39 is 5.76 Å². The van der Waals surface area contributed by atoms with Crippen molar-refractivity contribution in [1.29, 1.82) is 0 Å². The number of nitrogens with zero attached hydrogens (tertiary/aromatic N) is 2. The highest BCUT2D eigenvalue weighted by Crippen LogP contribution is 2.40. The summed E-state index contributed by atoms with van der Waals surface area (Å²) in [4.78, 5) is 0. The van der Waals surface area contributed by atoms with Crippen molar-refractivity contribution in [3.05, 3.63) is 96.1 Å². The molecule has 0 N–H and O–H groups in total. The summed E-state index contributed by atoms with van der Waals surface area (Å²) >= 11 is 3.49. The lowest BCUT2D eigenvalue weighted by atomic mass is 9.70. The van der Waals surface area contributed by atoms with Gasteiger partial charge in [-0.25, -0.2) is 0 Å². The zero-order valence-electron chi connectivity index (χ0n) is 14.6. The van der Waals surface area contributed by atoms with Gasteiger partial charge in [-0.2, -0.15) is 11.6 Å². The Morgan fingerprint density at radius 1 is 0.889 bits per heavy atom. The van der Waals surface area contributed by atoms with Crippen molar-refractivity contribution in [3.63, 3.8) is 0 Å². The first kappa shape index (κ1) is 16.7. The van der Waals surface area contributed by atoms with E-state index in [-0.39, 0.29) is 0 Å². The lowest BCUT2D eigenvalue weighted by Gasteiger charge is -2.34. The third-order valence-electron chi connectivity index (χ3n) is 4.71. The molecule has 132 valence electrons. The molecule has 1 atom stereocenters. The van der Waals surface area contributed by atoms with Crippen molar-refractivity contribution in [2.75, 3.05) is 0 Å². The third-order valence-corrected chi connectivity index (χ3v) is 7.34. The minimum absolute atomic E-state index is 0.897. The second-order valence-corrected chi connectivity index (χ2v) is 8.99. The summed E-state index contributed by atoms with van der Waals surface area (Å²) in [6.07, 6.45) is 2.11. The number of thioether (sulfide) groups is 1. The summed E-state index contributed by atoms with van der Waals surface area (Å²) < 4.78 is 9.66. The van der Waals surface area contributed by atoms with Crippen LogP contribution in [0.2, 0.25) is 0 Å². The predicted molar refractivity (Wildman–Crippen MR) is 117 cm³/mol. The number of benzene rings is 3. The summed E-state index contributed by atoms with van der Waals surface area (Å²) in [7, 11) is 0. The molecule has 3 aromatic rings. The summed E-state index contributed by atoms with van der Waals surface area (Å²) in [5.41, 5.74) is 3.50. The molecule has 2 aliphatic rings. The van der Waals surface area contributed by atoms with Gasteiger partial charge < -0.3 is 4.65 Å². The molecule has 0 aliphatic carbocycles. The summed E-state index contributed by atoms with van der Waals surface area (Å²) in [5, 5.41) is 4.90. The van der Waals surface area contributed by atoms with Gasteiger partial charge in [0.2, 0.25) is 0 Å². The molecule has 0 fully saturated rings. The molecule has 1 unspecified atom stereocenters. The zero-order chi connectivity index (χ0) is 18.1. The first-order chi connectivity index (χ1) is 13.3. The maximum atomic E-state index is 6.60. The minimum Gasteiger partial charge on any atom is -0.644 e. The number of hydrogen-bond acceptors (Lipinski definition) is 4. The van der Waals surface area contributed by atoms with Crippen LogP contribution in [-0.2, 0) is 5.75 Å². The Bertz CT molecular complexity index is 1040. The van der Waals surface area contributed by atoms with E-state index in [1.807, 2.05) is 34.9 Å². The van der Waals surface area contributed by atoms with Gasteiger partial charge in [-0.05, 0) is 22.8 Å². The molecule has 3 aromatic carbocycles. The molecule has 2 heterocycles. The van der Waals surface area contributed by atoms with Gasteiger partial charge in [-0.1, -0.05) is 90.0 Å². The van der Waals surface area contributed by atoms with Crippen molar-refractivity contribution in [3.8, 4) is 5.75 Å². The molecule has 6 heteroatoms. The molecule has 0 aromatic heterocycles. The van der Waals surface area contributed by atoms with E-state index in [1.165, 1.54) is 5.56 Å². The van der Waals surface area contributed by atoms with Crippen LogP contribution in [-0.4, -0.2) is 20.9 Å². The Morgan fingerprint density at radius 3 is 2.41 bits per heavy atom. The second kappa shape index (κ2) is 6.95. The monoisotopic (exact) mass is 388 g/mol. The van der Waals surface area contributed by atoms with Crippen LogP contribution in [0.1, 0.15) is 11.1 Å². The molecule has 3 nitrogen and oxygen atoms in total. The first-order valence-electron chi connectivity index (χ1n) is 8.89. The molecule has 0 spiro atoms. The standard InChI is InChI=1S/C21H17BN2OS2/c1-3-9-17(10-4-1)16-26-21-23-24-15-18-11-7-8-14-20(18)25-22(24,27-21)19-12-5-2-6-13-19/h1-15H,16H2. The van der Waals surface area contributed by atoms with E-state index in [2.05, 4.69) is 60.8 Å². The van der Waals surface area contributed by atoms with E-state index in [0.29, 0.717) is 0 Å². The molecule has 5 rings (SSSR count). The van der Waals surface area contributed by atoms with Gasteiger partial charge in [-0.15, -0.1) is 0 Å². The Labute approximate surface area is 167 Å². The van der Waals surface area contributed by atoms with Crippen LogP contribution in [0.4, 0.5) is 0 Å². The van der Waals surface area contributed by atoms with Gasteiger partial charge in [0.1, 0.15) is 0 Å². The van der Waals surface area contributed by atoms with Crippen molar-refractivity contribution in [2.24, 2.45) is 5.10 Å². The van der Waals surface area contributed by atoms with Gasteiger partial charge in [0.25, 0.3) is 0 Å². The molecular formula is C21H17BN2OS2. The molecule has 0 saturated carbocycles. The van der Waals surface area contributed by atoms with Crippen LogP contribution in [0.25, 0.3) is 0 Å². The number of para-hydroxylation sites is 1. The van der Waals surface area contributed by atoms with Crippen LogP contribution in [0.15, 0.2) is 90.0 Å². The Hall–Kier alpha value is -2.44. The summed E-state index contributed by atoms with van der Waals surface area (Å²) in [6.45, 7) is 0. The number of hydrogen-bond donors (Lipinski definition) is 0. The smallest absolute Gasteiger partial charge is 0.572 e. The molecule has 2 aliphatic heterocycles. The number of rotatable bonds is 3. The topological polar surface area (TPSA) is 24.6 Å². The highest BCUT2D eigenvalue weighted by Gasteiger charge is 2.53. The minimum atomic E-state index is -1.51. The summed E-state index contributed by atoms with van der Waals surface area (Å²) in [6, 6.07) is 29.0. The normalized spacial score (nSPS) is 20.1. The van der Waals surface area contributed by atoms with E-state index in [4.69, 9.17) is 9.76 Å². The SMILES string of the molecule is C1=[N+]2N=C(SCc3ccccc3)S[B-]2(c2ccccc2)Oc2ccccc21. The lowest BCUT2D eigenvalue weighted by molar-refractivity contribution is -0.401. The Kier molecular flexibility index (Phi) is 4.30. The first-order valence-corrected chi connectivity index (χ1v) is 10.8. The fourth-order valence-electron chi connectivity index (χ4n) is 3.37. The van der Waals surface area contributed by atoms with Crippen LogP contribution >= 0.6 is 23.4 Å². The van der Waals surface area contributed by atoms with E-state index in [9.17, 15) is 0 Å². The maximum absolute atomic E-state index is 6.60. The molecule has 0 bridgehead atoms. The van der Waals surface area contributed by atoms with Crippen molar-refractivity contribution in [2.45, 2.75) is 5.75 Å². The molecule has 0 radical (unpaired) electrons. The van der Waals surface area contributed by atoms with Gasteiger partial charge in [-0.3, -0.25) is 4.60 Å².